The van der Waals surface area contributed by atoms with Crippen molar-refractivity contribution >= 4 is 81.6 Å². The van der Waals surface area contributed by atoms with Gasteiger partial charge in [0, 0.05) is 23.7 Å². The summed E-state index contributed by atoms with van der Waals surface area (Å²) in [6.07, 6.45) is -8.86. The standard InChI is InChI=1S/C39H51N21O9/c1-69-18-9-12-22(61)17(14-18)15-60(21-11-10-20-19(23(21)40)8-5-13-50-20)35(68)34(67)51-24(16-6-3-2-4-7-16)30(63)53-27(57-37(44)45)32(65)55-29(59-39(48)49)33(66)54-28(58-38(46)47)31(64)52-26(25(41)62)56-36(42)43/h2-14,24,26-29,35,61,68H,15,40H2,1H3,(H2,41,62)(H,51,67)(H,52,64)(H,53,63)(H,54,66)(H,55,65)(H4,42,43,56)(H4,44,45,57)(H4,46,47,58)(H4,48,49,59). The summed E-state index contributed by atoms with van der Waals surface area (Å²) in [5, 5.41) is 34.0. The molecule has 4 rings (SSSR count). The van der Waals surface area contributed by atoms with E-state index in [4.69, 9.17) is 62.1 Å². The van der Waals surface area contributed by atoms with E-state index in [1.165, 1.54) is 55.6 Å². The van der Waals surface area contributed by atoms with E-state index < -0.39 is 96.2 Å². The first kappa shape index (κ1) is 51.8. The average Bonchev–Trinajstić information content (AvgIpc) is 3.29. The number of aliphatic imine (C=N–C) groups is 4. The summed E-state index contributed by atoms with van der Waals surface area (Å²) in [5.74, 6) is -10.6. The first-order chi connectivity index (χ1) is 32.6. The maximum Gasteiger partial charge on any atom is 0.270 e. The number of ether oxygens (including phenoxy) is 1. The summed E-state index contributed by atoms with van der Waals surface area (Å²) >= 11 is 0. The number of phenolic OH excluding ortho intramolecular Hbond substituents is 1. The van der Waals surface area contributed by atoms with Crippen LogP contribution in [0.3, 0.4) is 0 Å². The number of nitrogen functional groups attached to an aromatic ring is 1. The van der Waals surface area contributed by atoms with E-state index in [9.17, 15) is 39.0 Å². The second kappa shape index (κ2) is 23.4. The van der Waals surface area contributed by atoms with Gasteiger partial charge >= 0.3 is 0 Å². The second-order valence-electron chi connectivity index (χ2n) is 14.2. The van der Waals surface area contributed by atoms with Gasteiger partial charge in [-0.1, -0.05) is 30.3 Å². The van der Waals surface area contributed by atoms with Gasteiger partial charge in [-0.05, 0) is 48.0 Å². The van der Waals surface area contributed by atoms with E-state index in [-0.39, 0.29) is 34.8 Å². The topological polar surface area (TPSA) is 538 Å². The Kier molecular flexibility index (Phi) is 17.5. The van der Waals surface area contributed by atoms with Crippen molar-refractivity contribution in [1.82, 2.24) is 31.6 Å². The molecular formula is C39H51N21O9. The summed E-state index contributed by atoms with van der Waals surface area (Å²) in [5.41, 5.74) is 56.5. The number of aliphatic hydroxyl groups excluding tert-OH is 1. The number of anilines is 2. The number of phenols is 1. The van der Waals surface area contributed by atoms with Crippen LogP contribution in [0.5, 0.6) is 11.5 Å². The van der Waals surface area contributed by atoms with Crippen LogP contribution in [0.4, 0.5) is 11.4 Å². The van der Waals surface area contributed by atoms with E-state index in [1.54, 1.807) is 30.5 Å². The summed E-state index contributed by atoms with van der Waals surface area (Å²) in [6.45, 7) is -0.351. The number of rotatable bonds is 21. The van der Waals surface area contributed by atoms with Crippen LogP contribution in [0.25, 0.3) is 10.9 Å². The molecule has 366 valence electrons. The third-order valence-electron chi connectivity index (χ3n) is 9.20. The fourth-order valence-corrected chi connectivity index (χ4v) is 6.11. The van der Waals surface area contributed by atoms with Crippen LogP contribution in [0.15, 0.2) is 99.0 Å². The Morgan fingerprint density at radius 3 is 1.65 bits per heavy atom. The monoisotopic (exact) mass is 957 g/mol. The number of aromatic nitrogens is 1. The lowest BCUT2D eigenvalue weighted by Crippen LogP contribution is -2.58. The van der Waals surface area contributed by atoms with Gasteiger partial charge in [-0.3, -0.25) is 33.8 Å². The van der Waals surface area contributed by atoms with E-state index in [0.29, 0.717) is 16.7 Å². The van der Waals surface area contributed by atoms with E-state index in [2.05, 4.69) is 40.9 Å². The number of aromatic hydroxyl groups is 1. The van der Waals surface area contributed by atoms with Gasteiger partial charge in [-0.25, -0.2) is 20.0 Å². The number of fused-ring (bicyclic) bond motifs is 1. The zero-order valence-electron chi connectivity index (χ0n) is 36.4. The molecule has 0 radical (unpaired) electrons. The molecule has 0 bridgehead atoms. The maximum atomic E-state index is 14.3. The van der Waals surface area contributed by atoms with Crippen LogP contribution in [0.1, 0.15) is 17.2 Å². The van der Waals surface area contributed by atoms with Gasteiger partial charge < -0.3 is 104 Å². The van der Waals surface area contributed by atoms with Crippen molar-refractivity contribution in [2.45, 2.75) is 43.5 Å². The highest BCUT2D eigenvalue weighted by Gasteiger charge is 2.35. The Bertz CT molecular complexity index is 2670. The molecular weight excluding hydrogens is 907 g/mol. The zero-order chi connectivity index (χ0) is 51.1. The fraction of sp³-hybridized carbons (Fsp3) is 0.205. The fourth-order valence-electron chi connectivity index (χ4n) is 6.11. The molecule has 3 aromatic carbocycles. The third-order valence-corrected chi connectivity index (χ3v) is 9.20. The molecule has 6 amide bonds. The number of methoxy groups -OCH3 is 1. The van der Waals surface area contributed by atoms with Crippen LogP contribution < -0.4 is 93.6 Å². The van der Waals surface area contributed by atoms with Crippen molar-refractivity contribution in [1.29, 1.82) is 0 Å². The number of guanidine groups is 4. The number of hydrogen-bond donors (Lipinski definition) is 17. The summed E-state index contributed by atoms with van der Waals surface area (Å²) in [6, 6.07) is 16.5. The molecule has 0 aliphatic heterocycles. The molecule has 30 nitrogen and oxygen atoms in total. The molecule has 0 aliphatic rings. The van der Waals surface area contributed by atoms with Gasteiger partial charge in [0.15, 0.2) is 23.8 Å². The number of pyridine rings is 1. The van der Waals surface area contributed by atoms with Gasteiger partial charge in [0.25, 0.3) is 29.5 Å². The highest BCUT2D eigenvalue weighted by molar-refractivity contribution is 6.01. The number of benzene rings is 3. The number of amides is 6. The molecule has 0 aliphatic carbocycles. The van der Waals surface area contributed by atoms with Crippen LogP contribution in [0.2, 0.25) is 0 Å². The molecule has 0 spiro atoms. The first-order valence-corrected chi connectivity index (χ1v) is 19.7. The lowest BCUT2D eigenvalue weighted by Gasteiger charge is -2.32. The lowest BCUT2D eigenvalue weighted by atomic mass is 10.1. The molecule has 0 saturated carbocycles. The Morgan fingerprint density at radius 2 is 1.14 bits per heavy atom. The van der Waals surface area contributed by atoms with Crippen molar-refractivity contribution in [2.24, 2.45) is 71.6 Å². The Morgan fingerprint density at radius 1 is 0.638 bits per heavy atom. The van der Waals surface area contributed by atoms with Gasteiger partial charge in [-0.2, -0.15) is 0 Å². The summed E-state index contributed by atoms with van der Waals surface area (Å²) in [4.78, 5) is 101. The second-order valence-corrected chi connectivity index (χ2v) is 14.2. The molecule has 6 atom stereocenters. The van der Waals surface area contributed by atoms with E-state index >= 15 is 0 Å². The number of nitrogens with zero attached hydrogens (tertiary/aromatic N) is 6. The molecule has 0 fully saturated rings. The number of carbonyl (C=O) groups excluding carboxylic acids is 6. The molecule has 30 heteroatoms. The molecule has 4 aromatic rings. The molecule has 27 N–H and O–H groups in total. The van der Waals surface area contributed by atoms with Crippen molar-refractivity contribution in [3.05, 3.63) is 90.1 Å². The Labute approximate surface area is 390 Å². The van der Waals surface area contributed by atoms with Gasteiger partial charge in [0.2, 0.25) is 36.8 Å². The smallest absolute Gasteiger partial charge is 0.270 e. The van der Waals surface area contributed by atoms with Gasteiger partial charge in [-0.15, -0.1) is 0 Å². The normalized spacial score (nSPS) is 13.2. The predicted molar refractivity (Wildman–Crippen MR) is 250 cm³/mol. The maximum absolute atomic E-state index is 14.3. The molecule has 1 heterocycles. The average molecular weight is 958 g/mol. The highest BCUT2D eigenvalue weighted by Crippen LogP contribution is 2.34. The summed E-state index contributed by atoms with van der Waals surface area (Å²) in [7, 11) is 1.40. The van der Waals surface area contributed by atoms with Crippen LogP contribution in [0, 0.1) is 0 Å². The largest absolute Gasteiger partial charge is 0.508 e. The van der Waals surface area contributed by atoms with Gasteiger partial charge in [0.05, 0.1) is 24.0 Å². The number of carbonyl (C=O) groups is 6. The van der Waals surface area contributed by atoms with E-state index in [1.807, 2.05) is 10.6 Å². The molecule has 0 saturated heterocycles. The highest BCUT2D eigenvalue weighted by atomic mass is 16.5. The van der Waals surface area contributed by atoms with Crippen molar-refractivity contribution in [3.8, 4) is 11.5 Å². The Hall–Kier alpha value is -9.87. The third kappa shape index (κ3) is 14.3. The van der Waals surface area contributed by atoms with Crippen molar-refractivity contribution < 1.29 is 43.7 Å². The molecule has 1 aromatic heterocycles. The first-order valence-electron chi connectivity index (χ1n) is 19.7. The minimum absolute atomic E-state index is 0.0978. The summed E-state index contributed by atoms with van der Waals surface area (Å²) < 4.78 is 5.31. The van der Waals surface area contributed by atoms with Crippen molar-refractivity contribution in [3.63, 3.8) is 0 Å². The van der Waals surface area contributed by atoms with Crippen LogP contribution in [-0.4, -0.2) is 112 Å². The van der Waals surface area contributed by atoms with Crippen LogP contribution in [-0.2, 0) is 35.3 Å². The number of primary amides is 1. The zero-order valence-corrected chi connectivity index (χ0v) is 36.4. The quantitative estimate of drug-likeness (QED) is 0.0160. The number of hydrogen-bond acceptors (Lipinski definition) is 16. The minimum atomic E-state index is -2.17. The van der Waals surface area contributed by atoms with E-state index in [0.717, 1.165) is 4.90 Å². The predicted octanol–water partition coefficient (Wildman–Crippen LogP) is -6.94. The molecule has 6 unspecified atom stereocenters. The van der Waals surface area contributed by atoms with Crippen molar-refractivity contribution in [2.75, 3.05) is 17.7 Å². The van der Waals surface area contributed by atoms with Crippen LogP contribution >= 0.6 is 0 Å². The lowest BCUT2D eigenvalue weighted by molar-refractivity contribution is -0.136. The molecule has 69 heavy (non-hydrogen) atoms. The number of aliphatic hydroxyl groups is 1. The minimum Gasteiger partial charge on any atom is -0.508 e. The van der Waals surface area contributed by atoms with Gasteiger partial charge in [0.1, 0.15) is 17.5 Å². The Balaban J connectivity index is 1.67. The number of nitrogens with one attached hydrogen (secondary N) is 5. The number of nitrogens with two attached hydrogens (primary N) is 10. The SMILES string of the molecule is COc1ccc(O)c(CN(c2ccc3ncccc3c2N)C(O)C(=O)NC(C(=O)NC(N=C(N)N)C(=O)NC(N=C(N)N)C(=O)NC(N=C(N)N)C(=O)NC(N=C(N)N)C(N)=O)c2ccccc2)c1.